The van der Waals surface area contributed by atoms with Gasteiger partial charge in [0.2, 0.25) is 5.91 Å². The number of thioether (sulfide) groups is 1. The van der Waals surface area contributed by atoms with Crippen LogP contribution in [0.15, 0.2) is 53.7 Å². The first-order chi connectivity index (χ1) is 13.5. The lowest BCUT2D eigenvalue weighted by Crippen LogP contribution is -2.14. The summed E-state index contributed by atoms with van der Waals surface area (Å²) in [6, 6.07) is 13.0. The molecule has 1 N–H and O–H groups in total. The first-order valence-electron chi connectivity index (χ1n) is 8.34. The van der Waals surface area contributed by atoms with Crippen LogP contribution in [0.1, 0.15) is 6.92 Å². The molecular formula is C18H16ClN5O3S. The topological polar surface area (TPSA) is 103 Å². The smallest absolute Gasteiger partial charge is 0.269 e. The zero-order valence-electron chi connectivity index (χ0n) is 14.8. The summed E-state index contributed by atoms with van der Waals surface area (Å²) in [4.78, 5) is 22.4. The summed E-state index contributed by atoms with van der Waals surface area (Å²) in [7, 11) is 0. The Morgan fingerprint density at radius 3 is 2.46 bits per heavy atom. The van der Waals surface area contributed by atoms with Crippen LogP contribution in [0, 0.1) is 10.1 Å². The monoisotopic (exact) mass is 417 g/mol. The second kappa shape index (κ2) is 8.85. The van der Waals surface area contributed by atoms with E-state index in [1.165, 1.54) is 36.0 Å². The molecule has 0 spiro atoms. The third-order valence-electron chi connectivity index (χ3n) is 3.83. The van der Waals surface area contributed by atoms with Gasteiger partial charge < -0.3 is 9.88 Å². The third-order valence-corrected chi connectivity index (χ3v) is 5.05. The molecule has 1 heterocycles. The van der Waals surface area contributed by atoms with Crippen molar-refractivity contribution in [3.63, 3.8) is 0 Å². The highest BCUT2D eigenvalue weighted by atomic mass is 35.5. The zero-order valence-corrected chi connectivity index (χ0v) is 16.4. The van der Waals surface area contributed by atoms with E-state index in [1.807, 2.05) is 23.6 Å². The van der Waals surface area contributed by atoms with E-state index in [1.54, 1.807) is 12.1 Å². The Morgan fingerprint density at radius 2 is 1.86 bits per heavy atom. The van der Waals surface area contributed by atoms with Gasteiger partial charge in [0.1, 0.15) is 0 Å². The lowest BCUT2D eigenvalue weighted by molar-refractivity contribution is -0.384. The van der Waals surface area contributed by atoms with Crippen molar-refractivity contribution in [1.29, 1.82) is 0 Å². The van der Waals surface area contributed by atoms with E-state index < -0.39 is 4.92 Å². The van der Waals surface area contributed by atoms with E-state index in [0.29, 0.717) is 28.2 Å². The van der Waals surface area contributed by atoms with Gasteiger partial charge in [0.15, 0.2) is 11.0 Å². The molecule has 3 aromatic rings. The minimum Gasteiger partial charge on any atom is -0.325 e. The van der Waals surface area contributed by atoms with Crippen molar-refractivity contribution in [2.45, 2.75) is 18.6 Å². The van der Waals surface area contributed by atoms with Gasteiger partial charge in [-0.25, -0.2) is 0 Å². The van der Waals surface area contributed by atoms with E-state index in [9.17, 15) is 14.9 Å². The van der Waals surface area contributed by atoms with Gasteiger partial charge in [-0.15, -0.1) is 10.2 Å². The second-order valence-electron chi connectivity index (χ2n) is 5.70. The lowest BCUT2D eigenvalue weighted by Gasteiger charge is -2.08. The molecule has 0 unspecified atom stereocenters. The van der Waals surface area contributed by atoms with Gasteiger partial charge in [-0.3, -0.25) is 14.9 Å². The van der Waals surface area contributed by atoms with Crippen molar-refractivity contribution in [2.24, 2.45) is 0 Å². The average Bonchev–Trinajstić information content (AvgIpc) is 3.10. The number of amides is 1. The Labute approximate surface area is 170 Å². The highest BCUT2D eigenvalue weighted by molar-refractivity contribution is 7.99. The molecule has 10 heteroatoms. The normalized spacial score (nSPS) is 10.6. The van der Waals surface area contributed by atoms with Gasteiger partial charge in [-0.2, -0.15) is 0 Å². The van der Waals surface area contributed by atoms with E-state index in [2.05, 4.69) is 15.5 Å². The molecule has 0 radical (unpaired) electrons. The van der Waals surface area contributed by atoms with Crippen molar-refractivity contribution in [3.05, 3.63) is 63.7 Å². The predicted octanol–water partition coefficient (Wildman–Crippen LogP) is 4.26. The van der Waals surface area contributed by atoms with Crippen molar-refractivity contribution in [1.82, 2.24) is 14.8 Å². The summed E-state index contributed by atoms with van der Waals surface area (Å²) < 4.78 is 1.92. The van der Waals surface area contributed by atoms with Gasteiger partial charge in [-0.05, 0) is 43.3 Å². The summed E-state index contributed by atoms with van der Waals surface area (Å²) >= 11 is 7.20. The highest BCUT2D eigenvalue weighted by Gasteiger charge is 2.15. The number of carbonyl (C=O) groups excluding carboxylic acids is 1. The lowest BCUT2D eigenvalue weighted by atomic mass is 10.2. The first kappa shape index (κ1) is 19.8. The second-order valence-corrected chi connectivity index (χ2v) is 7.08. The van der Waals surface area contributed by atoms with E-state index in [0.717, 1.165) is 5.56 Å². The molecule has 0 saturated carbocycles. The molecule has 28 heavy (non-hydrogen) atoms. The maximum atomic E-state index is 12.2. The molecule has 0 bridgehead atoms. The molecule has 1 aromatic heterocycles. The van der Waals surface area contributed by atoms with Crippen molar-refractivity contribution in [3.8, 4) is 11.4 Å². The average molecular weight is 418 g/mol. The number of non-ortho nitro benzene ring substituents is 1. The number of rotatable bonds is 7. The fourth-order valence-electron chi connectivity index (χ4n) is 2.49. The summed E-state index contributed by atoms with van der Waals surface area (Å²) in [5.41, 5.74) is 1.36. The Hall–Kier alpha value is -2.91. The fourth-order valence-corrected chi connectivity index (χ4v) is 3.42. The Kier molecular flexibility index (Phi) is 6.27. The standard InChI is InChI=1S/C18H16ClN5O3S/c1-2-23-17(12-3-5-13(19)6-4-12)21-22-18(23)28-11-16(25)20-14-7-9-15(10-8-14)24(26)27/h3-10H,2,11H2,1H3,(H,20,25). The van der Waals surface area contributed by atoms with Gasteiger partial charge in [-0.1, -0.05) is 23.4 Å². The van der Waals surface area contributed by atoms with Crippen LogP contribution >= 0.6 is 23.4 Å². The van der Waals surface area contributed by atoms with Crippen LogP contribution < -0.4 is 5.32 Å². The minimum absolute atomic E-state index is 0.0295. The van der Waals surface area contributed by atoms with Gasteiger partial charge in [0, 0.05) is 35.0 Å². The Bertz CT molecular complexity index is 989. The van der Waals surface area contributed by atoms with E-state index in [4.69, 9.17) is 11.6 Å². The van der Waals surface area contributed by atoms with Gasteiger partial charge in [0.05, 0.1) is 10.7 Å². The third kappa shape index (κ3) is 4.68. The quantitative estimate of drug-likeness (QED) is 0.350. The number of nitro groups is 1. The Balaban J connectivity index is 1.64. The minimum atomic E-state index is -0.489. The molecule has 0 aliphatic rings. The molecule has 8 nitrogen and oxygen atoms in total. The number of nitrogens with one attached hydrogen (secondary N) is 1. The summed E-state index contributed by atoms with van der Waals surface area (Å²) in [6.45, 7) is 2.63. The number of nitro benzene ring substituents is 1. The highest BCUT2D eigenvalue weighted by Crippen LogP contribution is 2.25. The molecule has 0 aliphatic carbocycles. The van der Waals surface area contributed by atoms with Gasteiger partial charge >= 0.3 is 0 Å². The number of hydrogen-bond donors (Lipinski definition) is 1. The molecule has 2 aromatic carbocycles. The SMILES string of the molecule is CCn1c(SCC(=O)Nc2ccc([N+](=O)[O-])cc2)nnc1-c1ccc(Cl)cc1. The number of carbonyl (C=O) groups is 1. The molecule has 3 rings (SSSR count). The summed E-state index contributed by atoms with van der Waals surface area (Å²) in [5.74, 6) is 0.602. The molecule has 1 amide bonds. The first-order valence-corrected chi connectivity index (χ1v) is 9.70. The van der Waals surface area contributed by atoms with Crippen LogP contribution in [-0.4, -0.2) is 31.3 Å². The summed E-state index contributed by atoms with van der Waals surface area (Å²) in [6.07, 6.45) is 0. The molecule has 0 aliphatic heterocycles. The van der Waals surface area contributed by atoms with Gasteiger partial charge in [0.25, 0.3) is 5.69 Å². The summed E-state index contributed by atoms with van der Waals surface area (Å²) in [5, 5.41) is 23.1. The largest absolute Gasteiger partial charge is 0.325 e. The number of hydrogen-bond acceptors (Lipinski definition) is 6. The molecular weight excluding hydrogens is 402 g/mol. The van der Waals surface area contributed by atoms with Crippen LogP contribution in [-0.2, 0) is 11.3 Å². The van der Waals surface area contributed by atoms with Crippen LogP contribution in [0.5, 0.6) is 0 Å². The molecule has 0 atom stereocenters. The number of nitrogens with zero attached hydrogens (tertiary/aromatic N) is 4. The number of anilines is 1. The predicted molar refractivity (Wildman–Crippen MR) is 109 cm³/mol. The van der Waals surface area contributed by atoms with Crippen molar-refractivity contribution < 1.29 is 9.72 Å². The number of benzene rings is 2. The van der Waals surface area contributed by atoms with E-state index in [-0.39, 0.29) is 17.3 Å². The van der Waals surface area contributed by atoms with E-state index >= 15 is 0 Å². The maximum Gasteiger partial charge on any atom is 0.269 e. The zero-order chi connectivity index (χ0) is 20.1. The fraction of sp³-hybridized carbons (Fsp3) is 0.167. The number of aromatic nitrogens is 3. The van der Waals surface area contributed by atoms with Crippen LogP contribution in [0.25, 0.3) is 11.4 Å². The Morgan fingerprint density at radius 1 is 1.18 bits per heavy atom. The van der Waals surface area contributed by atoms with Crippen molar-refractivity contribution >= 4 is 40.6 Å². The van der Waals surface area contributed by atoms with Crippen LogP contribution in [0.4, 0.5) is 11.4 Å². The number of halogens is 1. The molecule has 0 fully saturated rings. The van der Waals surface area contributed by atoms with Crippen LogP contribution in [0.2, 0.25) is 5.02 Å². The molecule has 0 saturated heterocycles. The van der Waals surface area contributed by atoms with Crippen molar-refractivity contribution in [2.75, 3.05) is 11.1 Å². The van der Waals surface area contributed by atoms with Crippen LogP contribution in [0.3, 0.4) is 0 Å². The maximum absolute atomic E-state index is 12.2. The molecule has 144 valence electrons.